The number of hydrogen-bond acceptors (Lipinski definition) is 4. The maximum atomic E-state index is 12.1. The Balaban J connectivity index is 2.37. The molecule has 22 heavy (non-hydrogen) atoms. The van der Waals surface area contributed by atoms with Crippen LogP contribution in [-0.2, 0) is 9.53 Å². The summed E-state index contributed by atoms with van der Waals surface area (Å²) >= 11 is 1.34. The first-order chi connectivity index (χ1) is 10.5. The molecule has 0 radical (unpaired) electrons. The first kappa shape index (κ1) is 16.2. The molecule has 0 bridgehead atoms. The smallest absolute Gasteiger partial charge is 0.341 e. The van der Waals surface area contributed by atoms with Crippen molar-refractivity contribution in [2.45, 2.75) is 20.3 Å². The molecule has 1 N–H and O–H groups in total. The number of amides is 1. The lowest BCUT2D eigenvalue weighted by molar-refractivity contribution is -0.116. The molecule has 0 unspecified atom stereocenters. The molecule has 2 rings (SSSR count). The number of thiophene rings is 1. The van der Waals surface area contributed by atoms with E-state index in [4.69, 9.17) is 4.74 Å². The Morgan fingerprint density at radius 1 is 1.23 bits per heavy atom. The third-order valence-electron chi connectivity index (χ3n) is 3.11. The van der Waals surface area contributed by atoms with Gasteiger partial charge in [0.15, 0.2) is 0 Å². The monoisotopic (exact) mass is 317 g/mol. The SMILES string of the molecule is COC(=O)c1c(-c2ccccc2)csc1NC(=O)CC(C)C. The maximum absolute atomic E-state index is 12.1. The number of anilines is 1. The fourth-order valence-corrected chi connectivity index (χ4v) is 3.11. The van der Waals surface area contributed by atoms with Crippen molar-refractivity contribution in [1.82, 2.24) is 0 Å². The molecule has 0 saturated carbocycles. The molecule has 4 nitrogen and oxygen atoms in total. The highest BCUT2D eigenvalue weighted by molar-refractivity contribution is 7.15. The van der Waals surface area contributed by atoms with Crippen LogP contribution in [0.25, 0.3) is 11.1 Å². The second-order valence-corrected chi connectivity index (χ2v) is 6.24. The highest BCUT2D eigenvalue weighted by atomic mass is 32.1. The summed E-state index contributed by atoms with van der Waals surface area (Å²) in [6, 6.07) is 9.58. The standard InChI is InChI=1S/C17H19NO3S/c1-11(2)9-14(19)18-16-15(17(20)21-3)13(10-22-16)12-7-5-4-6-8-12/h4-8,10-11H,9H2,1-3H3,(H,18,19). The summed E-state index contributed by atoms with van der Waals surface area (Å²) in [6.45, 7) is 3.95. The number of rotatable bonds is 5. The number of carbonyl (C=O) groups excluding carboxylic acids is 2. The Morgan fingerprint density at radius 2 is 1.91 bits per heavy atom. The molecule has 0 aliphatic carbocycles. The van der Waals surface area contributed by atoms with Crippen LogP contribution in [0.1, 0.15) is 30.6 Å². The van der Waals surface area contributed by atoms with Gasteiger partial charge >= 0.3 is 5.97 Å². The molecule has 5 heteroatoms. The lowest BCUT2D eigenvalue weighted by Crippen LogP contribution is -2.15. The van der Waals surface area contributed by atoms with E-state index in [-0.39, 0.29) is 11.8 Å². The molecule has 1 aromatic carbocycles. The van der Waals surface area contributed by atoms with Gasteiger partial charge in [0.05, 0.1) is 7.11 Å². The number of hydrogen-bond donors (Lipinski definition) is 1. The third kappa shape index (κ3) is 3.74. The number of nitrogens with one attached hydrogen (secondary N) is 1. The van der Waals surface area contributed by atoms with Crippen LogP contribution in [0.3, 0.4) is 0 Å². The second-order valence-electron chi connectivity index (χ2n) is 5.36. The average Bonchev–Trinajstić information content (AvgIpc) is 2.90. The Kier molecular flexibility index (Phi) is 5.33. The average molecular weight is 317 g/mol. The van der Waals surface area contributed by atoms with Gasteiger partial charge in [0, 0.05) is 17.4 Å². The topological polar surface area (TPSA) is 55.4 Å². The van der Waals surface area contributed by atoms with Crippen molar-refractivity contribution in [2.24, 2.45) is 5.92 Å². The highest BCUT2D eigenvalue weighted by Gasteiger charge is 2.22. The molecule has 0 saturated heterocycles. The number of esters is 1. The molecular weight excluding hydrogens is 298 g/mol. The summed E-state index contributed by atoms with van der Waals surface area (Å²) in [5, 5.41) is 5.23. The van der Waals surface area contributed by atoms with Crippen LogP contribution in [0.5, 0.6) is 0 Å². The summed E-state index contributed by atoms with van der Waals surface area (Å²) in [5.41, 5.74) is 2.11. The zero-order valence-corrected chi connectivity index (χ0v) is 13.7. The minimum absolute atomic E-state index is 0.0957. The van der Waals surface area contributed by atoms with E-state index in [0.29, 0.717) is 17.0 Å². The van der Waals surface area contributed by atoms with Gasteiger partial charge in [-0.3, -0.25) is 4.79 Å². The minimum Gasteiger partial charge on any atom is -0.465 e. The Morgan fingerprint density at radius 3 is 2.50 bits per heavy atom. The van der Waals surface area contributed by atoms with E-state index in [0.717, 1.165) is 11.1 Å². The zero-order chi connectivity index (χ0) is 16.1. The molecule has 116 valence electrons. The predicted molar refractivity (Wildman–Crippen MR) is 89.2 cm³/mol. The summed E-state index contributed by atoms with van der Waals surface area (Å²) in [7, 11) is 1.34. The minimum atomic E-state index is -0.444. The molecular formula is C17H19NO3S. The van der Waals surface area contributed by atoms with E-state index in [2.05, 4.69) is 5.32 Å². The number of benzene rings is 1. The predicted octanol–water partition coefficient (Wildman–Crippen LogP) is 4.19. The van der Waals surface area contributed by atoms with Gasteiger partial charge in [-0.1, -0.05) is 44.2 Å². The Hall–Kier alpha value is -2.14. The van der Waals surface area contributed by atoms with Crippen LogP contribution in [-0.4, -0.2) is 19.0 Å². The number of methoxy groups -OCH3 is 1. The van der Waals surface area contributed by atoms with E-state index in [1.807, 2.05) is 49.6 Å². The van der Waals surface area contributed by atoms with Crippen LogP contribution >= 0.6 is 11.3 Å². The summed E-state index contributed by atoms with van der Waals surface area (Å²) in [6.07, 6.45) is 0.416. The normalized spacial score (nSPS) is 10.5. The largest absolute Gasteiger partial charge is 0.465 e. The van der Waals surface area contributed by atoms with E-state index in [1.165, 1.54) is 18.4 Å². The van der Waals surface area contributed by atoms with Crippen molar-refractivity contribution in [3.8, 4) is 11.1 Å². The van der Waals surface area contributed by atoms with E-state index in [1.54, 1.807) is 0 Å². The zero-order valence-electron chi connectivity index (χ0n) is 12.9. The molecule has 1 aromatic heterocycles. The molecule has 0 atom stereocenters. The van der Waals surface area contributed by atoms with Crippen LogP contribution in [0.15, 0.2) is 35.7 Å². The van der Waals surface area contributed by atoms with Crippen molar-refractivity contribution in [1.29, 1.82) is 0 Å². The lowest BCUT2D eigenvalue weighted by Gasteiger charge is -2.08. The van der Waals surface area contributed by atoms with Gasteiger partial charge in [0.1, 0.15) is 10.6 Å². The first-order valence-corrected chi connectivity index (χ1v) is 7.96. The van der Waals surface area contributed by atoms with Crippen molar-refractivity contribution >= 4 is 28.2 Å². The molecule has 0 aliphatic rings. The molecule has 0 fully saturated rings. The third-order valence-corrected chi connectivity index (χ3v) is 4.01. The van der Waals surface area contributed by atoms with Gasteiger partial charge in [-0.15, -0.1) is 11.3 Å². The van der Waals surface area contributed by atoms with Crippen molar-refractivity contribution in [2.75, 3.05) is 12.4 Å². The molecule has 0 spiro atoms. The summed E-state index contributed by atoms with van der Waals surface area (Å²) in [4.78, 5) is 24.1. The Labute approximate surface area is 134 Å². The second kappa shape index (κ2) is 7.22. The van der Waals surface area contributed by atoms with Gasteiger partial charge in [-0.25, -0.2) is 4.79 Å². The molecule has 2 aromatic rings. The summed E-state index contributed by atoms with van der Waals surface area (Å²) in [5.74, 6) is -0.281. The van der Waals surface area contributed by atoms with Gasteiger partial charge in [0.25, 0.3) is 0 Å². The van der Waals surface area contributed by atoms with Crippen molar-refractivity contribution in [3.63, 3.8) is 0 Å². The fraction of sp³-hybridized carbons (Fsp3) is 0.294. The number of carbonyl (C=O) groups is 2. The maximum Gasteiger partial charge on any atom is 0.341 e. The molecule has 1 amide bonds. The molecule has 1 heterocycles. The van der Waals surface area contributed by atoms with E-state index >= 15 is 0 Å². The number of ether oxygens (including phenoxy) is 1. The van der Waals surface area contributed by atoms with Gasteiger partial charge in [-0.05, 0) is 11.5 Å². The van der Waals surface area contributed by atoms with Crippen LogP contribution in [0.2, 0.25) is 0 Å². The lowest BCUT2D eigenvalue weighted by atomic mass is 10.0. The van der Waals surface area contributed by atoms with Crippen molar-refractivity contribution in [3.05, 3.63) is 41.3 Å². The summed E-state index contributed by atoms with van der Waals surface area (Å²) < 4.78 is 4.88. The van der Waals surface area contributed by atoms with Crippen molar-refractivity contribution < 1.29 is 14.3 Å². The van der Waals surface area contributed by atoms with Crippen LogP contribution in [0.4, 0.5) is 5.00 Å². The van der Waals surface area contributed by atoms with Crippen LogP contribution in [0, 0.1) is 5.92 Å². The van der Waals surface area contributed by atoms with Crippen LogP contribution < -0.4 is 5.32 Å². The molecule has 0 aliphatic heterocycles. The van der Waals surface area contributed by atoms with E-state index < -0.39 is 5.97 Å². The van der Waals surface area contributed by atoms with Gasteiger partial charge in [-0.2, -0.15) is 0 Å². The fourth-order valence-electron chi connectivity index (χ4n) is 2.13. The van der Waals surface area contributed by atoms with E-state index in [9.17, 15) is 9.59 Å². The Bertz CT molecular complexity index is 662. The quantitative estimate of drug-likeness (QED) is 0.841. The first-order valence-electron chi connectivity index (χ1n) is 7.08. The van der Waals surface area contributed by atoms with Gasteiger partial charge in [0.2, 0.25) is 5.91 Å². The highest BCUT2D eigenvalue weighted by Crippen LogP contribution is 2.36. The van der Waals surface area contributed by atoms with Gasteiger partial charge < -0.3 is 10.1 Å².